The third-order valence-corrected chi connectivity index (χ3v) is 4.72. The number of hydrogen-bond acceptors (Lipinski definition) is 2. The van der Waals surface area contributed by atoms with Crippen molar-refractivity contribution in [1.29, 1.82) is 0 Å². The van der Waals surface area contributed by atoms with E-state index >= 15 is 0 Å². The van der Waals surface area contributed by atoms with Crippen molar-refractivity contribution in [2.75, 3.05) is 6.54 Å². The van der Waals surface area contributed by atoms with Gasteiger partial charge in [0.15, 0.2) is 0 Å². The largest absolute Gasteiger partial charge is 0.309 e. The molecule has 1 nitrogen and oxygen atoms in total. The van der Waals surface area contributed by atoms with Gasteiger partial charge in [0.1, 0.15) is 0 Å². The molecule has 1 aromatic carbocycles. The molecule has 1 aromatic heterocycles. The predicted octanol–water partition coefficient (Wildman–Crippen LogP) is 4.57. The van der Waals surface area contributed by atoms with Gasteiger partial charge < -0.3 is 5.32 Å². The molecule has 0 aliphatic heterocycles. The smallest absolute Gasteiger partial charge is 0.0455 e. The molecule has 0 amide bonds. The first-order chi connectivity index (χ1) is 9.11. The summed E-state index contributed by atoms with van der Waals surface area (Å²) in [4.78, 5) is 2.83. The predicted molar refractivity (Wildman–Crippen MR) is 85.1 cm³/mol. The first-order valence-corrected chi connectivity index (χ1v) is 7.78. The monoisotopic (exact) mass is 273 g/mol. The Balaban J connectivity index is 2.26. The van der Waals surface area contributed by atoms with E-state index in [9.17, 15) is 0 Å². The molecule has 2 rings (SSSR count). The standard InChI is InChI=1S/C17H23NS/c1-5-18-16(17-10-9-14(4)19-17)11-15-12(2)7-6-8-13(15)3/h6-10,16,18H,5,11H2,1-4H3. The number of likely N-dealkylation sites (N-methyl/N-ethyl adjacent to an activating group) is 1. The molecule has 0 radical (unpaired) electrons. The highest BCUT2D eigenvalue weighted by Crippen LogP contribution is 2.27. The summed E-state index contributed by atoms with van der Waals surface area (Å²) in [7, 11) is 0. The van der Waals surface area contributed by atoms with Gasteiger partial charge in [-0.3, -0.25) is 0 Å². The van der Waals surface area contributed by atoms with Gasteiger partial charge in [0.25, 0.3) is 0 Å². The summed E-state index contributed by atoms with van der Waals surface area (Å²) in [6.45, 7) is 9.79. The van der Waals surface area contributed by atoms with E-state index in [0.717, 1.165) is 13.0 Å². The fourth-order valence-electron chi connectivity index (χ4n) is 2.54. The molecule has 0 aliphatic carbocycles. The second kappa shape index (κ2) is 6.36. The maximum atomic E-state index is 3.63. The van der Waals surface area contributed by atoms with Crippen molar-refractivity contribution in [3.8, 4) is 0 Å². The van der Waals surface area contributed by atoms with Crippen molar-refractivity contribution >= 4 is 11.3 Å². The van der Waals surface area contributed by atoms with Gasteiger partial charge in [-0.05, 0) is 62.6 Å². The molecule has 1 unspecified atom stereocenters. The highest BCUT2D eigenvalue weighted by atomic mass is 32.1. The minimum atomic E-state index is 0.434. The Morgan fingerprint density at radius 2 is 1.74 bits per heavy atom. The molecular formula is C17H23NS. The van der Waals surface area contributed by atoms with Gasteiger partial charge in [0.05, 0.1) is 0 Å². The molecule has 2 heteroatoms. The van der Waals surface area contributed by atoms with Gasteiger partial charge >= 0.3 is 0 Å². The lowest BCUT2D eigenvalue weighted by Crippen LogP contribution is -2.22. The molecule has 102 valence electrons. The molecule has 0 spiro atoms. The van der Waals surface area contributed by atoms with Crippen molar-refractivity contribution in [3.05, 3.63) is 56.8 Å². The summed E-state index contributed by atoms with van der Waals surface area (Å²) in [6, 6.07) is 11.5. The maximum absolute atomic E-state index is 3.63. The number of benzene rings is 1. The van der Waals surface area contributed by atoms with Gasteiger partial charge in [0.2, 0.25) is 0 Å². The van der Waals surface area contributed by atoms with Crippen LogP contribution in [0.2, 0.25) is 0 Å². The lowest BCUT2D eigenvalue weighted by molar-refractivity contribution is 0.556. The van der Waals surface area contributed by atoms with Crippen LogP contribution in [0.15, 0.2) is 30.3 Å². The van der Waals surface area contributed by atoms with E-state index in [2.05, 4.69) is 63.3 Å². The molecular weight excluding hydrogens is 250 g/mol. The van der Waals surface area contributed by atoms with E-state index in [1.54, 1.807) is 0 Å². The third kappa shape index (κ3) is 3.46. The number of rotatable bonds is 5. The van der Waals surface area contributed by atoms with Crippen LogP contribution in [0.4, 0.5) is 0 Å². The maximum Gasteiger partial charge on any atom is 0.0455 e. The quantitative estimate of drug-likeness (QED) is 0.841. The number of hydrogen-bond donors (Lipinski definition) is 1. The van der Waals surface area contributed by atoms with Crippen LogP contribution in [0.5, 0.6) is 0 Å². The van der Waals surface area contributed by atoms with E-state index in [-0.39, 0.29) is 0 Å². The molecule has 2 aromatic rings. The van der Waals surface area contributed by atoms with Crippen LogP contribution in [-0.2, 0) is 6.42 Å². The van der Waals surface area contributed by atoms with Crippen LogP contribution in [-0.4, -0.2) is 6.54 Å². The summed E-state index contributed by atoms with van der Waals surface area (Å²) in [5.74, 6) is 0. The summed E-state index contributed by atoms with van der Waals surface area (Å²) in [6.07, 6.45) is 1.08. The summed E-state index contributed by atoms with van der Waals surface area (Å²) < 4.78 is 0. The Morgan fingerprint density at radius 1 is 1.05 bits per heavy atom. The SMILES string of the molecule is CCNC(Cc1c(C)cccc1C)c1ccc(C)s1. The van der Waals surface area contributed by atoms with E-state index in [0.29, 0.717) is 6.04 Å². The summed E-state index contributed by atoms with van der Waals surface area (Å²) in [5, 5.41) is 3.63. The van der Waals surface area contributed by atoms with Crippen LogP contribution >= 0.6 is 11.3 Å². The first-order valence-electron chi connectivity index (χ1n) is 6.96. The highest BCUT2D eigenvalue weighted by Gasteiger charge is 2.15. The first kappa shape index (κ1) is 14.3. The lowest BCUT2D eigenvalue weighted by Gasteiger charge is -2.19. The van der Waals surface area contributed by atoms with E-state index < -0.39 is 0 Å². The lowest BCUT2D eigenvalue weighted by atomic mass is 9.96. The zero-order valence-electron chi connectivity index (χ0n) is 12.3. The average molecular weight is 273 g/mol. The fraction of sp³-hybridized carbons (Fsp3) is 0.412. The molecule has 19 heavy (non-hydrogen) atoms. The van der Waals surface area contributed by atoms with Crippen molar-refractivity contribution in [3.63, 3.8) is 0 Å². The van der Waals surface area contributed by atoms with Gasteiger partial charge in [-0.1, -0.05) is 25.1 Å². The van der Waals surface area contributed by atoms with E-state index in [1.807, 2.05) is 11.3 Å². The highest BCUT2D eigenvalue weighted by molar-refractivity contribution is 7.12. The van der Waals surface area contributed by atoms with Crippen molar-refractivity contribution < 1.29 is 0 Å². The van der Waals surface area contributed by atoms with Crippen LogP contribution < -0.4 is 5.32 Å². The number of nitrogens with one attached hydrogen (secondary N) is 1. The van der Waals surface area contributed by atoms with Gasteiger partial charge in [0, 0.05) is 15.8 Å². The zero-order chi connectivity index (χ0) is 13.8. The summed E-state index contributed by atoms with van der Waals surface area (Å²) in [5.41, 5.74) is 4.28. The molecule has 1 N–H and O–H groups in total. The van der Waals surface area contributed by atoms with E-state index in [1.165, 1.54) is 26.4 Å². The Bertz CT molecular complexity index is 522. The van der Waals surface area contributed by atoms with Crippen LogP contribution in [0.1, 0.15) is 39.4 Å². The topological polar surface area (TPSA) is 12.0 Å². The Kier molecular flexibility index (Phi) is 4.78. The van der Waals surface area contributed by atoms with Crippen LogP contribution in [0.3, 0.4) is 0 Å². The van der Waals surface area contributed by atoms with Crippen molar-refractivity contribution in [2.24, 2.45) is 0 Å². The van der Waals surface area contributed by atoms with Crippen LogP contribution in [0, 0.1) is 20.8 Å². The minimum absolute atomic E-state index is 0.434. The average Bonchev–Trinajstić information content (AvgIpc) is 2.79. The number of aryl methyl sites for hydroxylation is 3. The van der Waals surface area contributed by atoms with E-state index in [4.69, 9.17) is 0 Å². The second-order valence-corrected chi connectivity index (χ2v) is 6.45. The fourth-order valence-corrected chi connectivity index (χ4v) is 3.49. The normalized spacial score (nSPS) is 12.6. The molecule has 0 bridgehead atoms. The molecule has 0 saturated heterocycles. The third-order valence-electron chi connectivity index (χ3n) is 3.61. The molecule has 1 atom stereocenters. The van der Waals surface area contributed by atoms with Gasteiger partial charge in [-0.15, -0.1) is 11.3 Å². The zero-order valence-corrected chi connectivity index (χ0v) is 13.1. The number of thiophene rings is 1. The van der Waals surface area contributed by atoms with Gasteiger partial charge in [-0.2, -0.15) is 0 Å². The minimum Gasteiger partial charge on any atom is -0.309 e. The Hall–Kier alpha value is -1.12. The molecule has 0 aliphatic rings. The van der Waals surface area contributed by atoms with Gasteiger partial charge in [-0.25, -0.2) is 0 Å². The Labute approximate surface area is 120 Å². The molecule has 0 fully saturated rings. The second-order valence-electron chi connectivity index (χ2n) is 5.13. The summed E-state index contributed by atoms with van der Waals surface area (Å²) >= 11 is 1.90. The van der Waals surface area contributed by atoms with Crippen LogP contribution in [0.25, 0.3) is 0 Å². The van der Waals surface area contributed by atoms with Crippen molar-refractivity contribution in [2.45, 2.75) is 40.2 Å². The Morgan fingerprint density at radius 3 is 2.26 bits per heavy atom. The molecule has 1 heterocycles. The van der Waals surface area contributed by atoms with Crippen molar-refractivity contribution in [1.82, 2.24) is 5.32 Å². The molecule has 0 saturated carbocycles.